The highest BCUT2D eigenvalue weighted by Crippen LogP contribution is 2.21. The Labute approximate surface area is 171 Å². The molecule has 3 aromatic rings. The molecule has 0 spiro atoms. The number of piperidine rings is 1. The number of aromatic nitrogens is 4. The first-order valence-corrected chi connectivity index (χ1v) is 10.4. The van der Waals surface area contributed by atoms with E-state index in [4.69, 9.17) is 10.5 Å². The largest absolute Gasteiger partial charge is 0.465 e. The number of hydrogen-bond acceptors (Lipinski definition) is 8. The van der Waals surface area contributed by atoms with Crippen LogP contribution < -0.4 is 5.73 Å². The zero-order valence-electron chi connectivity index (χ0n) is 15.9. The number of carbonyl (C=O) groups excluding carboxylic acids is 2. The molecule has 29 heavy (non-hydrogen) atoms. The monoisotopic (exact) mass is 414 g/mol. The molecular weight excluding hydrogens is 392 g/mol. The minimum atomic E-state index is -0.269. The van der Waals surface area contributed by atoms with E-state index in [1.54, 1.807) is 11.2 Å². The molecule has 0 aromatic carbocycles. The van der Waals surface area contributed by atoms with Crippen molar-refractivity contribution >= 4 is 40.2 Å². The first kappa shape index (κ1) is 19.3. The summed E-state index contributed by atoms with van der Waals surface area (Å²) in [6.45, 7) is 2.00. The molecule has 1 saturated heterocycles. The predicted molar refractivity (Wildman–Crippen MR) is 108 cm³/mol. The van der Waals surface area contributed by atoms with Gasteiger partial charge in [0.15, 0.2) is 11.5 Å². The SMILES string of the molecule is Nc1ncnc2c1ncn2CCCOC(=O)C1CCCN(C(=O)c2cccs2)C1. The quantitative estimate of drug-likeness (QED) is 0.484. The zero-order chi connectivity index (χ0) is 20.2. The van der Waals surface area contributed by atoms with Crippen LogP contribution in [0.5, 0.6) is 0 Å². The summed E-state index contributed by atoms with van der Waals surface area (Å²) in [6.07, 6.45) is 5.25. The Balaban J connectivity index is 1.26. The van der Waals surface area contributed by atoms with Crippen molar-refractivity contribution in [2.24, 2.45) is 5.92 Å². The zero-order valence-corrected chi connectivity index (χ0v) is 16.7. The first-order valence-electron chi connectivity index (χ1n) is 9.54. The molecule has 1 fully saturated rings. The van der Waals surface area contributed by atoms with Crippen LogP contribution in [0.1, 0.15) is 28.9 Å². The van der Waals surface area contributed by atoms with Gasteiger partial charge in [0.2, 0.25) is 0 Å². The Morgan fingerprint density at radius 1 is 1.31 bits per heavy atom. The fraction of sp³-hybridized carbons (Fsp3) is 0.421. The highest BCUT2D eigenvalue weighted by atomic mass is 32.1. The van der Waals surface area contributed by atoms with Crippen LogP contribution in [-0.2, 0) is 16.1 Å². The average Bonchev–Trinajstić information content (AvgIpc) is 3.42. The van der Waals surface area contributed by atoms with Crippen molar-refractivity contribution in [3.05, 3.63) is 35.0 Å². The molecule has 4 heterocycles. The van der Waals surface area contributed by atoms with Crippen molar-refractivity contribution in [2.45, 2.75) is 25.8 Å². The van der Waals surface area contributed by atoms with Crippen molar-refractivity contribution in [1.82, 2.24) is 24.4 Å². The van der Waals surface area contributed by atoms with E-state index in [1.807, 2.05) is 22.1 Å². The van der Waals surface area contributed by atoms with E-state index in [2.05, 4.69) is 15.0 Å². The molecule has 4 rings (SSSR count). The van der Waals surface area contributed by atoms with Crippen molar-refractivity contribution < 1.29 is 14.3 Å². The maximum absolute atomic E-state index is 12.5. The number of nitrogen functional groups attached to an aromatic ring is 1. The second kappa shape index (κ2) is 8.56. The number of hydrogen-bond donors (Lipinski definition) is 1. The van der Waals surface area contributed by atoms with Crippen LogP contribution in [0.3, 0.4) is 0 Å². The Kier molecular flexibility index (Phi) is 5.70. The van der Waals surface area contributed by atoms with Crippen LogP contribution in [-0.4, -0.2) is 56.0 Å². The number of esters is 1. The number of nitrogens with two attached hydrogens (primary N) is 1. The maximum atomic E-state index is 12.5. The molecule has 0 bridgehead atoms. The average molecular weight is 414 g/mol. The summed E-state index contributed by atoms with van der Waals surface area (Å²) in [5.41, 5.74) is 7.02. The number of amides is 1. The number of likely N-dealkylation sites (tertiary alicyclic amines) is 1. The molecule has 1 unspecified atom stereocenters. The number of thiophene rings is 1. The predicted octanol–water partition coefficient (Wildman–Crippen LogP) is 1.96. The molecule has 1 aliphatic heterocycles. The van der Waals surface area contributed by atoms with E-state index < -0.39 is 0 Å². The lowest BCUT2D eigenvalue weighted by Crippen LogP contribution is -2.42. The van der Waals surface area contributed by atoms with Gasteiger partial charge in [0, 0.05) is 19.6 Å². The van der Waals surface area contributed by atoms with E-state index in [0.29, 0.717) is 54.5 Å². The van der Waals surface area contributed by atoms with E-state index in [1.165, 1.54) is 17.7 Å². The van der Waals surface area contributed by atoms with Crippen LogP contribution >= 0.6 is 11.3 Å². The van der Waals surface area contributed by atoms with Crippen LogP contribution in [0.25, 0.3) is 11.2 Å². The second-order valence-electron chi connectivity index (χ2n) is 6.96. The Hall–Kier alpha value is -3.01. The molecule has 10 heteroatoms. The minimum Gasteiger partial charge on any atom is -0.465 e. The van der Waals surface area contributed by atoms with Crippen LogP contribution in [0.2, 0.25) is 0 Å². The molecule has 1 amide bonds. The highest BCUT2D eigenvalue weighted by Gasteiger charge is 2.30. The Morgan fingerprint density at radius 3 is 3.03 bits per heavy atom. The third kappa shape index (κ3) is 4.21. The minimum absolute atomic E-state index is 0.00857. The summed E-state index contributed by atoms with van der Waals surface area (Å²) in [4.78, 5) is 39.8. The summed E-state index contributed by atoms with van der Waals surface area (Å²) in [5.74, 6) is -0.171. The van der Waals surface area contributed by atoms with Crippen LogP contribution in [0.4, 0.5) is 5.82 Å². The van der Waals surface area contributed by atoms with Gasteiger partial charge < -0.3 is 19.9 Å². The number of anilines is 1. The number of rotatable bonds is 6. The van der Waals surface area contributed by atoms with Crippen molar-refractivity contribution in [3.63, 3.8) is 0 Å². The van der Waals surface area contributed by atoms with Crippen LogP contribution in [0, 0.1) is 5.92 Å². The summed E-state index contributed by atoms with van der Waals surface area (Å²) >= 11 is 1.42. The van der Waals surface area contributed by atoms with E-state index >= 15 is 0 Å². The van der Waals surface area contributed by atoms with Crippen molar-refractivity contribution in [1.29, 1.82) is 0 Å². The maximum Gasteiger partial charge on any atom is 0.310 e. The van der Waals surface area contributed by atoms with E-state index in [9.17, 15) is 9.59 Å². The van der Waals surface area contributed by atoms with Gasteiger partial charge in [-0.3, -0.25) is 9.59 Å². The summed E-state index contributed by atoms with van der Waals surface area (Å²) < 4.78 is 7.33. The summed E-state index contributed by atoms with van der Waals surface area (Å²) in [5, 5.41) is 1.88. The molecule has 0 radical (unpaired) electrons. The van der Waals surface area contributed by atoms with Crippen LogP contribution in [0.15, 0.2) is 30.2 Å². The van der Waals surface area contributed by atoms with Gasteiger partial charge >= 0.3 is 5.97 Å². The molecular formula is C19H22N6O3S. The molecule has 2 N–H and O–H groups in total. The number of carbonyl (C=O) groups is 2. The summed E-state index contributed by atoms with van der Waals surface area (Å²) in [7, 11) is 0. The van der Waals surface area contributed by atoms with Gasteiger partial charge in [-0.05, 0) is 30.7 Å². The molecule has 0 aliphatic carbocycles. The lowest BCUT2D eigenvalue weighted by Gasteiger charge is -2.31. The third-order valence-corrected chi connectivity index (χ3v) is 5.85. The summed E-state index contributed by atoms with van der Waals surface area (Å²) in [6, 6.07) is 3.67. The smallest absolute Gasteiger partial charge is 0.310 e. The van der Waals surface area contributed by atoms with Gasteiger partial charge in [-0.2, -0.15) is 0 Å². The first-order chi connectivity index (χ1) is 14.1. The number of nitrogens with zero attached hydrogens (tertiary/aromatic N) is 5. The van der Waals surface area contributed by atoms with Gasteiger partial charge in [-0.15, -0.1) is 11.3 Å². The lowest BCUT2D eigenvalue weighted by molar-refractivity contribution is -0.150. The molecule has 3 aromatic heterocycles. The normalized spacial score (nSPS) is 16.8. The van der Waals surface area contributed by atoms with Gasteiger partial charge in [-0.1, -0.05) is 6.07 Å². The van der Waals surface area contributed by atoms with E-state index in [0.717, 1.165) is 12.8 Å². The number of ether oxygens (including phenoxy) is 1. The third-order valence-electron chi connectivity index (χ3n) is 4.99. The van der Waals surface area contributed by atoms with E-state index in [-0.39, 0.29) is 17.8 Å². The Bertz CT molecular complexity index is 1000. The van der Waals surface area contributed by atoms with Gasteiger partial charge in [0.05, 0.1) is 23.7 Å². The molecule has 0 saturated carbocycles. The fourth-order valence-corrected chi connectivity index (χ4v) is 4.19. The molecule has 9 nitrogen and oxygen atoms in total. The molecule has 1 atom stereocenters. The van der Waals surface area contributed by atoms with Gasteiger partial charge in [-0.25, -0.2) is 15.0 Å². The number of imidazole rings is 1. The fourth-order valence-electron chi connectivity index (χ4n) is 3.50. The number of aryl methyl sites for hydroxylation is 1. The van der Waals surface area contributed by atoms with Crippen molar-refractivity contribution in [3.8, 4) is 0 Å². The standard InChI is InChI=1S/C19H22N6O3S/c20-16-15-17(22-11-21-16)25(12-23-15)7-3-8-28-19(27)13-4-1-6-24(10-13)18(26)14-5-2-9-29-14/h2,5,9,11-13H,1,3-4,6-8,10H2,(H2,20,21,22). The second-order valence-corrected chi connectivity index (χ2v) is 7.91. The van der Waals surface area contributed by atoms with Crippen molar-refractivity contribution in [2.75, 3.05) is 25.4 Å². The lowest BCUT2D eigenvalue weighted by atomic mass is 9.98. The number of fused-ring (bicyclic) bond motifs is 1. The van der Waals surface area contributed by atoms with Gasteiger partial charge in [0.1, 0.15) is 11.8 Å². The van der Waals surface area contributed by atoms with Gasteiger partial charge in [0.25, 0.3) is 5.91 Å². The molecule has 1 aliphatic rings. The topological polar surface area (TPSA) is 116 Å². The highest BCUT2D eigenvalue weighted by molar-refractivity contribution is 7.12. The molecule has 152 valence electrons. The Morgan fingerprint density at radius 2 is 2.21 bits per heavy atom.